The van der Waals surface area contributed by atoms with Crippen molar-refractivity contribution in [2.75, 3.05) is 0 Å². The van der Waals surface area contributed by atoms with Crippen LogP contribution in [0, 0.1) is 0 Å². The van der Waals surface area contributed by atoms with Gasteiger partial charge in [-0.1, -0.05) is 33.9 Å². The first-order chi connectivity index (χ1) is 6.16. The predicted octanol–water partition coefficient (Wildman–Crippen LogP) is 1.84. The molecule has 0 radical (unpaired) electrons. The average molecular weight is 212 g/mol. The SMILES string of the molecule is Cn1nc([Si](C)(C)C(C)(C)C)cc1O. The number of rotatable bonds is 1. The van der Waals surface area contributed by atoms with Crippen molar-refractivity contribution in [3.8, 4) is 5.88 Å². The highest BCUT2D eigenvalue weighted by Crippen LogP contribution is 2.35. The Balaban J connectivity index is 3.16. The minimum absolute atomic E-state index is 0.254. The Bertz CT molecular complexity index is 317. The average Bonchev–Trinajstić information content (AvgIpc) is 2.30. The number of aromatic hydroxyl groups is 1. The van der Waals surface area contributed by atoms with Crippen LogP contribution in [0.1, 0.15) is 20.8 Å². The largest absolute Gasteiger partial charge is 0.493 e. The van der Waals surface area contributed by atoms with Gasteiger partial charge in [0.05, 0.1) is 0 Å². The van der Waals surface area contributed by atoms with Crippen LogP contribution in [0.25, 0.3) is 0 Å². The van der Waals surface area contributed by atoms with Gasteiger partial charge < -0.3 is 5.11 Å². The molecule has 0 aliphatic heterocycles. The van der Waals surface area contributed by atoms with Crippen molar-refractivity contribution in [1.29, 1.82) is 0 Å². The molecule has 0 saturated heterocycles. The Morgan fingerprint density at radius 1 is 1.36 bits per heavy atom. The van der Waals surface area contributed by atoms with Gasteiger partial charge in [-0.2, -0.15) is 5.10 Å². The Labute approximate surface area is 86.8 Å². The molecule has 4 heteroatoms. The van der Waals surface area contributed by atoms with Gasteiger partial charge in [-0.3, -0.25) is 0 Å². The quantitative estimate of drug-likeness (QED) is 0.721. The van der Waals surface area contributed by atoms with Gasteiger partial charge in [0.25, 0.3) is 0 Å². The first-order valence-electron chi connectivity index (χ1n) is 4.90. The molecular formula is C10H20N2OSi. The summed E-state index contributed by atoms with van der Waals surface area (Å²) in [5.41, 5.74) is 0. The predicted molar refractivity (Wildman–Crippen MR) is 61.7 cm³/mol. The molecule has 1 aromatic heterocycles. The second-order valence-corrected chi connectivity index (χ2v) is 10.6. The highest BCUT2D eigenvalue weighted by molar-refractivity contribution is 6.91. The van der Waals surface area contributed by atoms with Gasteiger partial charge in [-0.15, -0.1) is 0 Å². The Morgan fingerprint density at radius 3 is 2.14 bits per heavy atom. The number of hydrogen-bond donors (Lipinski definition) is 1. The second kappa shape index (κ2) is 3.12. The van der Waals surface area contributed by atoms with E-state index in [9.17, 15) is 5.11 Å². The third kappa shape index (κ3) is 1.71. The lowest BCUT2D eigenvalue weighted by atomic mass is 10.2. The standard InChI is InChI=1S/C10H20N2OSi/c1-10(2,3)14(5,6)8-7-9(13)12(4)11-8/h7,13H,1-6H3. The lowest BCUT2D eigenvalue weighted by Crippen LogP contribution is -2.50. The zero-order chi connectivity index (χ0) is 11.1. The van der Waals surface area contributed by atoms with E-state index in [4.69, 9.17) is 0 Å². The smallest absolute Gasteiger partial charge is 0.208 e. The molecule has 3 nitrogen and oxygen atoms in total. The first-order valence-corrected chi connectivity index (χ1v) is 7.90. The highest BCUT2D eigenvalue weighted by Gasteiger charge is 2.39. The van der Waals surface area contributed by atoms with E-state index in [0.29, 0.717) is 0 Å². The molecular weight excluding hydrogens is 192 g/mol. The summed E-state index contributed by atoms with van der Waals surface area (Å²) in [6.07, 6.45) is 0. The molecule has 80 valence electrons. The molecule has 0 bridgehead atoms. The minimum Gasteiger partial charge on any atom is -0.493 e. The van der Waals surface area contributed by atoms with Crippen LogP contribution >= 0.6 is 0 Å². The maximum absolute atomic E-state index is 9.49. The van der Waals surface area contributed by atoms with E-state index in [2.05, 4.69) is 39.0 Å². The highest BCUT2D eigenvalue weighted by atomic mass is 28.3. The Morgan fingerprint density at radius 2 is 1.86 bits per heavy atom. The molecule has 0 atom stereocenters. The maximum atomic E-state index is 9.49. The van der Waals surface area contributed by atoms with E-state index in [0.717, 1.165) is 5.32 Å². The minimum atomic E-state index is -1.58. The third-order valence-electron chi connectivity index (χ3n) is 3.37. The number of hydrogen-bond acceptors (Lipinski definition) is 2. The summed E-state index contributed by atoms with van der Waals surface area (Å²) >= 11 is 0. The van der Waals surface area contributed by atoms with Gasteiger partial charge in [0, 0.05) is 18.4 Å². The van der Waals surface area contributed by atoms with Crippen LogP contribution in [0.3, 0.4) is 0 Å². The van der Waals surface area contributed by atoms with E-state index in [1.165, 1.54) is 4.68 Å². The van der Waals surface area contributed by atoms with Crippen molar-refractivity contribution in [2.24, 2.45) is 7.05 Å². The Hall–Kier alpha value is -0.773. The zero-order valence-electron chi connectivity index (χ0n) is 9.92. The molecule has 0 fully saturated rings. The van der Waals surface area contributed by atoms with Gasteiger partial charge in [0.2, 0.25) is 5.88 Å². The van der Waals surface area contributed by atoms with Crippen molar-refractivity contribution in [2.45, 2.75) is 38.9 Å². The molecule has 1 N–H and O–H groups in total. The fourth-order valence-electron chi connectivity index (χ4n) is 1.15. The summed E-state index contributed by atoms with van der Waals surface area (Å²) in [4.78, 5) is 0. The van der Waals surface area contributed by atoms with Crippen LogP contribution in [-0.2, 0) is 7.05 Å². The zero-order valence-corrected chi connectivity index (χ0v) is 10.9. The van der Waals surface area contributed by atoms with Crippen LogP contribution in [0.2, 0.25) is 18.1 Å². The molecule has 1 rings (SSSR count). The summed E-state index contributed by atoms with van der Waals surface area (Å²) in [6, 6.07) is 1.80. The molecule has 0 aliphatic carbocycles. The van der Waals surface area contributed by atoms with Crippen molar-refractivity contribution >= 4 is 13.4 Å². The molecule has 1 aromatic rings. The van der Waals surface area contributed by atoms with Crippen LogP contribution in [-0.4, -0.2) is 23.0 Å². The normalized spacial score (nSPS) is 13.3. The maximum Gasteiger partial charge on any atom is 0.208 e. The lowest BCUT2D eigenvalue weighted by molar-refractivity contribution is 0.419. The van der Waals surface area contributed by atoms with Gasteiger partial charge in [-0.05, 0) is 5.04 Å². The van der Waals surface area contributed by atoms with Gasteiger partial charge in [0.1, 0.15) is 8.07 Å². The molecule has 0 unspecified atom stereocenters. The van der Waals surface area contributed by atoms with Gasteiger partial charge in [0.15, 0.2) is 0 Å². The molecule has 1 heterocycles. The van der Waals surface area contributed by atoms with Crippen LogP contribution in [0.4, 0.5) is 0 Å². The fraction of sp³-hybridized carbons (Fsp3) is 0.700. The Kier molecular flexibility index (Phi) is 2.52. The van der Waals surface area contributed by atoms with Crippen molar-refractivity contribution in [3.63, 3.8) is 0 Å². The summed E-state index contributed by atoms with van der Waals surface area (Å²) < 4.78 is 1.54. The van der Waals surface area contributed by atoms with Gasteiger partial charge >= 0.3 is 0 Å². The third-order valence-corrected chi connectivity index (χ3v) is 8.65. The molecule has 0 saturated carbocycles. The van der Waals surface area contributed by atoms with Gasteiger partial charge in [-0.25, -0.2) is 4.68 Å². The summed E-state index contributed by atoms with van der Waals surface area (Å²) in [5.74, 6) is 0.254. The van der Waals surface area contributed by atoms with Crippen LogP contribution < -0.4 is 5.32 Å². The van der Waals surface area contributed by atoms with Crippen molar-refractivity contribution in [1.82, 2.24) is 9.78 Å². The molecule has 0 aliphatic rings. The van der Waals surface area contributed by atoms with E-state index < -0.39 is 8.07 Å². The molecule has 0 spiro atoms. The summed E-state index contributed by atoms with van der Waals surface area (Å²) in [7, 11) is 0.186. The molecule has 0 amide bonds. The number of nitrogens with zero attached hydrogens (tertiary/aromatic N) is 2. The molecule has 14 heavy (non-hydrogen) atoms. The monoisotopic (exact) mass is 212 g/mol. The lowest BCUT2D eigenvalue weighted by Gasteiger charge is -2.34. The van der Waals surface area contributed by atoms with E-state index in [-0.39, 0.29) is 10.9 Å². The summed E-state index contributed by atoms with van der Waals surface area (Å²) in [5, 5.41) is 15.2. The molecule has 0 aromatic carbocycles. The first kappa shape index (κ1) is 11.3. The number of aromatic nitrogens is 2. The van der Waals surface area contributed by atoms with Crippen molar-refractivity contribution in [3.05, 3.63) is 6.07 Å². The fourth-order valence-corrected chi connectivity index (χ4v) is 2.81. The van der Waals surface area contributed by atoms with E-state index in [1.54, 1.807) is 13.1 Å². The topological polar surface area (TPSA) is 38.0 Å². The van der Waals surface area contributed by atoms with Crippen LogP contribution in [0.15, 0.2) is 6.07 Å². The van der Waals surface area contributed by atoms with Crippen LogP contribution in [0.5, 0.6) is 5.88 Å². The van der Waals surface area contributed by atoms with E-state index in [1.807, 2.05) is 0 Å². The second-order valence-electron chi connectivity index (χ2n) is 5.39. The summed E-state index contributed by atoms with van der Waals surface area (Å²) in [6.45, 7) is 11.3. The number of aryl methyl sites for hydroxylation is 1. The van der Waals surface area contributed by atoms with E-state index >= 15 is 0 Å². The van der Waals surface area contributed by atoms with Crippen molar-refractivity contribution < 1.29 is 5.11 Å².